The number of carboxylic acid groups (broad SMARTS) is 1. The number of hydrogen-bond acceptors (Lipinski definition) is 4. The number of anilines is 1. The number of benzene rings is 1. The summed E-state index contributed by atoms with van der Waals surface area (Å²) in [6, 6.07) is 7.42. The van der Waals surface area contributed by atoms with Gasteiger partial charge in [0, 0.05) is 30.1 Å². The van der Waals surface area contributed by atoms with E-state index >= 15 is 0 Å². The van der Waals surface area contributed by atoms with Crippen molar-refractivity contribution in [2.45, 2.75) is 6.92 Å². The van der Waals surface area contributed by atoms with E-state index in [1.807, 2.05) is 24.3 Å². The predicted octanol–water partition coefficient (Wildman–Crippen LogP) is 2.30. The van der Waals surface area contributed by atoms with Crippen LogP contribution in [-0.2, 0) is 0 Å². The number of nitrogens with zero attached hydrogens (tertiary/aromatic N) is 2. The van der Waals surface area contributed by atoms with Gasteiger partial charge in [-0.3, -0.25) is 0 Å². The molecule has 5 nitrogen and oxygen atoms in total. The van der Waals surface area contributed by atoms with E-state index in [0.717, 1.165) is 30.8 Å². The lowest BCUT2D eigenvalue weighted by Crippen LogP contribution is -2.25. The van der Waals surface area contributed by atoms with Gasteiger partial charge in [0.1, 0.15) is 5.82 Å². The Bertz CT molecular complexity index is 613. The van der Waals surface area contributed by atoms with E-state index in [1.54, 1.807) is 0 Å². The summed E-state index contributed by atoms with van der Waals surface area (Å²) in [4.78, 5) is 17.6. The van der Waals surface area contributed by atoms with Gasteiger partial charge < -0.3 is 15.3 Å². The van der Waals surface area contributed by atoms with E-state index in [0.29, 0.717) is 5.39 Å². The highest BCUT2D eigenvalue weighted by atomic mass is 16.4. The number of likely N-dealkylation sites (N-methyl/N-ethyl adjacent to an activating group) is 1. The summed E-state index contributed by atoms with van der Waals surface area (Å²) in [6.45, 7) is 4.78. The zero-order valence-corrected chi connectivity index (χ0v) is 11.8. The maximum atomic E-state index is 11.2. The molecule has 0 spiro atoms. The smallest absolute Gasteiger partial charge is 0.337 e. The standard InChI is InChI=1S/C15H19N3O2/c1-3-18(2)9-8-16-14-12-7-5-4-6-11(12)13(10-17-14)15(19)20/h4-7,10H,3,8-9H2,1-2H3,(H,16,17)(H,19,20). The lowest BCUT2D eigenvalue weighted by Gasteiger charge is -2.15. The molecule has 0 bridgehead atoms. The molecule has 5 heteroatoms. The molecule has 2 aromatic rings. The van der Waals surface area contributed by atoms with Crippen LogP contribution in [0.2, 0.25) is 0 Å². The molecule has 0 aliphatic heterocycles. The van der Waals surface area contributed by atoms with Gasteiger partial charge in [-0.25, -0.2) is 9.78 Å². The second kappa shape index (κ2) is 6.34. The minimum absolute atomic E-state index is 0.233. The lowest BCUT2D eigenvalue weighted by molar-refractivity contribution is 0.0698. The summed E-state index contributed by atoms with van der Waals surface area (Å²) in [7, 11) is 2.06. The van der Waals surface area contributed by atoms with Crippen LogP contribution in [0.4, 0.5) is 5.82 Å². The first-order valence-electron chi connectivity index (χ1n) is 6.67. The SMILES string of the molecule is CCN(C)CCNc1ncc(C(=O)O)c2ccccc12. The number of aromatic carboxylic acids is 1. The molecule has 20 heavy (non-hydrogen) atoms. The fourth-order valence-electron chi connectivity index (χ4n) is 2.03. The fraction of sp³-hybridized carbons (Fsp3) is 0.333. The normalized spacial score (nSPS) is 10.9. The molecule has 0 fully saturated rings. The molecule has 0 atom stereocenters. The number of fused-ring (bicyclic) bond motifs is 1. The number of aromatic nitrogens is 1. The minimum Gasteiger partial charge on any atom is -0.478 e. The van der Waals surface area contributed by atoms with E-state index in [-0.39, 0.29) is 5.56 Å². The molecule has 1 aromatic carbocycles. The van der Waals surface area contributed by atoms with Gasteiger partial charge >= 0.3 is 5.97 Å². The number of hydrogen-bond donors (Lipinski definition) is 2. The van der Waals surface area contributed by atoms with Crippen LogP contribution in [0.25, 0.3) is 10.8 Å². The highest BCUT2D eigenvalue weighted by molar-refractivity contribution is 6.06. The number of rotatable bonds is 6. The molecule has 0 aliphatic rings. The first-order valence-corrected chi connectivity index (χ1v) is 6.67. The second-order valence-corrected chi connectivity index (χ2v) is 4.69. The average molecular weight is 273 g/mol. The Kier molecular flexibility index (Phi) is 4.53. The molecule has 0 radical (unpaired) electrons. The van der Waals surface area contributed by atoms with Gasteiger partial charge in [-0.05, 0) is 13.6 Å². The van der Waals surface area contributed by atoms with Crippen LogP contribution in [0.1, 0.15) is 17.3 Å². The molecule has 106 valence electrons. The van der Waals surface area contributed by atoms with E-state index in [4.69, 9.17) is 0 Å². The van der Waals surface area contributed by atoms with Crippen molar-refractivity contribution in [3.8, 4) is 0 Å². The molecule has 1 heterocycles. The van der Waals surface area contributed by atoms with Crippen LogP contribution in [-0.4, -0.2) is 47.6 Å². The van der Waals surface area contributed by atoms with Crippen molar-refractivity contribution in [2.75, 3.05) is 32.0 Å². The Balaban J connectivity index is 2.27. The quantitative estimate of drug-likeness (QED) is 0.845. The van der Waals surface area contributed by atoms with Crippen LogP contribution < -0.4 is 5.32 Å². The van der Waals surface area contributed by atoms with Gasteiger partial charge in [0.15, 0.2) is 0 Å². The molecule has 1 aromatic heterocycles. The van der Waals surface area contributed by atoms with Crippen molar-refractivity contribution < 1.29 is 9.90 Å². The van der Waals surface area contributed by atoms with Crippen LogP contribution in [0.15, 0.2) is 30.5 Å². The van der Waals surface area contributed by atoms with E-state index in [9.17, 15) is 9.90 Å². The van der Waals surface area contributed by atoms with Crippen molar-refractivity contribution >= 4 is 22.6 Å². The van der Waals surface area contributed by atoms with Gasteiger partial charge in [-0.15, -0.1) is 0 Å². The Hall–Kier alpha value is -2.14. The molecular formula is C15H19N3O2. The van der Waals surface area contributed by atoms with Crippen molar-refractivity contribution in [2.24, 2.45) is 0 Å². The highest BCUT2D eigenvalue weighted by Gasteiger charge is 2.11. The molecule has 0 saturated carbocycles. The van der Waals surface area contributed by atoms with E-state index < -0.39 is 5.97 Å². The Labute approximate surface area is 118 Å². The average Bonchev–Trinajstić information content (AvgIpc) is 2.46. The molecule has 0 saturated heterocycles. The van der Waals surface area contributed by atoms with Crippen LogP contribution >= 0.6 is 0 Å². The Morgan fingerprint density at radius 3 is 2.70 bits per heavy atom. The molecular weight excluding hydrogens is 254 g/mol. The van der Waals surface area contributed by atoms with Crippen LogP contribution in [0.5, 0.6) is 0 Å². The number of carbonyl (C=O) groups is 1. The third-order valence-electron chi connectivity index (χ3n) is 3.35. The zero-order valence-electron chi connectivity index (χ0n) is 11.8. The van der Waals surface area contributed by atoms with Gasteiger partial charge in [-0.2, -0.15) is 0 Å². The van der Waals surface area contributed by atoms with Crippen molar-refractivity contribution in [3.63, 3.8) is 0 Å². The van der Waals surface area contributed by atoms with Gasteiger partial charge in [-0.1, -0.05) is 31.2 Å². The first-order chi connectivity index (χ1) is 9.63. The Morgan fingerprint density at radius 1 is 1.35 bits per heavy atom. The fourth-order valence-corrected chi connectivity index (χ4v) is 2.03. The van der Waals surface area contributed by atoms with Gasteiger partial charge in [0.25, 0.3) is 0 Å². The second-order valence-electron chi connectivity index (χ2n) is 4.69. The number of nitrogens with one attached hydrogen (secondary N) is 1. The Morgan fingerprint density at radius 2 is 2.05 bits per heavy atom. The summed E-state index contributed by atoms with van der Waals surface area (Å²) in [5, 5.41) is 14.0. The van der Waals surface area contributed by atoms with Crippen molar-refractivity contribution in [1.82, 2.24) is 9.88 Å². The molecule has 0 unspecified atom stereocenters. The van der Waals surface area contributed by atoms with Crippen LogP contribution in [0.3, 0.4) is 0 Å². The number of pyridine rings is 1. The summed E-state index contributed by atoms with van der Waals surface area (Å²) in [6.07, 6.45) is 1.41. The van der Waals surface area contributed by atoms with Crippen molar-refractivity contribution in [3.05, 3.63) is 36.0 Å². The molecule has 2 N–H and O–H groups in total. The molecule has 2 rings (SSSR count). The van der Waals surface area contributed by atoms with Crippen LogP contribution in [0, 0.1) is 0 Å². The third-order valence-corrected chi connectivity index (χ3v) is 3.35. The maximum absolute atomic E-state index is 11.2. The minimum atomic E-state index is -0.953. The zero-order chi connectivity index (χ0) is 14.5. The molecule has 0 aliphatic carbocycles. The summed E-state index contributed by atoms with van der Waals surface area (Å²) >= 11 is 0. The number of carboxylic acids is 1. The predicted molar refractivity (Wildman–Crippen MR) is 80.4 cm³/mol. The topological polar surface area (TPSA) is 65.5 Å². The maximum Gasteiger partial charge on any atom is 0.337 e. The highest BCUT2D eigenvalue weighted by Crippen LogP contribution is 2.24. The summed E-state index contributed by atoms with van der Waals surface area (Å²) < 4.78 is 0. The van der Waals surface area contributed by atoms with Gasteiger partial charge in [0.2, 0.25) is 0 Å². The van der Waals surface area contributed by atoms with E-state index in [1.165, 1.54) is 6.20 Å². The van der Waals surface area contributed by atoms with Crippen molar-refractivity contribution in [1.29, 1.82) is 0 Å². The third kappa shape index (κ3) is 3.05. The first kappa shape index (κ1) is 14.3. The molecule has 0 amide bonds. The lowest BCUT2D eigenvalue weighted by atomic mass is 10.1. The summed E-state index contributed by atoms with van der Waals surface area (Å²) in [5.41, 5.74) is 0.233. The van der Waals surface area contributed by atoms with E-state index in [2.05, 4.69) is 29.2 Å². The van der Waals surface area contributed by atoms with Gasteiger partial charge in [0.05, 0.1) is 5.56 Å². The largest absolute Gasteiger partial charge is 0.478 e. The monoisotopic (exact) mass is 273 g/mol. The summed E-state index contributed by atoms with van der Waals surface area (Å²) in [5.74, 6) is -0.221.